The van der Waals surface area contributed by atoms with Crippen molar-refractivity contribution < 1.29 is 9.53 Å². The van der Waals surface area contributed by atoms with Gasteiger partial charge in [0, 0.05) is 11.0 Å². The van der Waals surface area contributed by atoms with Gasteiger partial charge in [-0.05, 0) is 83.8 Å². The van der Waals surface area contributed by atoms with Crippen LogP contribution in [0, 0.1) is 5.41 Å². The van der Waals surface area contributed by atoms with Crippen LogP contribution in [-0.2, 0) is 32.4 Å². The Morgan fingerprint density at radius 1 is 0.750 bits per heavy atom. The largest absolute Gasteiger partial charge is 0.497 e. The number of para-hydroxylation sites is 1. The Hall–Kier alpha value is -4.13. The number of carbonyl (C=O) groups is 1. The van der Waals surface area contributed by atoms with E-state index in [0.717, 1.165) is 40.8 Å². The van der Waals surface area contributed by atoms with E-state index in [1.165, 1.54) is 25.1 Å². The average Bonchev–Trinajstić information content (AvgIpc) is 3.38. The van der Waals surface area contributed by atoms with Gasteiger partial charge >= 0.3 is 11.4 Å². The van der Waals surface area contributed by atoms with E-state index in [1.807, 2.05) is 36.4 Å². The lowest BCUT2D eigenvalue weighted by Crippen LogP contribution is -2.36. The third-order valence-electron chi connectivity index (χ3n) is 8.26. The van der Waals surface area contributed by atoms with Crippen LogP contribution in [0.15, 0.2) is 70.3 Å². The highest BCUT2D eigenvalue weighted by Gasteiger charge is 2.47. The molecule has 0 unspecified atom stereocenters. The van der Waals surface area contributed by atoms with Gasteiger partial charge in [-0.3, -0.25) is 4.79 Å². The molecule has 7 heteroatoms. The number of Topliss-reactive ketones (excluding diaryl/α,β-unsaturated/α-hetero) is 1. The van der Waals surface area contributed by atoms with E-state index >= 15 is 0 Å². The first-order chi connectivity index (χ1) is 17.5. The van der Waals surface area contributed by atoms with Crippen LogP contribution in [-0.4, -0.2) is 26.8 Å². The van der Waals surface area contributed by atoms with E-state index in [0.29, 0.717) is 31.6 Å². The number of hydrogen-bond acceptors (Lipinski definition) is 4. The summed E-state index contributed by atoms with van der Waals surface area (Å²) in [7, 11) is 1.64. The lowest BCUT2D eigenvalue weighted by molar-refractivity contribution is 0.0771. The SMILES string of the molecule is COc1ccc2c(c1)CCC1(Cc3cc4c(cc3C1)Cn1c(=O)n(-c3ccccc3)c(=O)n1C4)C2=O. The summed E-state index contributed by atoms with van der Waals surface area (Å²) in [6.45, 7) is 0.695. The summed E-state index contributed by atoms with van der Waals surface area (Å²) in [6, 6.07) is 19.1. The summed E-state index contributed by atoms with van der Waals surface area (Å²) in [5, 5.41) is 0. The summed E-state index contributed by atoms with van der Waals surface area (Å²) in [6.07, 6.45) is 3.09. The highest BCUT2D eigenvalue weighted by atomic mass is 16.5. The Bertz CT molecular complexity index is 1620. The number of nitrogens with zero attached hydrogens (tertiary/aromatic N) is 3. The number of fused-ring (bicyclic) bond motifs is 4. The van der Waals surface area contributed by atoms with Crippen molar-refractivity contribution in [2.45, 2.75) is 38.8 Å². The van der Waals surface area contributed by atoms with Crippen LogP contribution < -0.4 is 16.1 Å². The van der Waals surface area contributed by atoms with Crippen LogP contribution in [0.3, 0.4) is 0 Å². The van der Waals surface area contributed by atoms with E-state index in [9.17, 15) is 14.4 Å². The Morgan fingerprint density at radius 3 is 2.00 bits per heavy atom. The fourth-order valence-corrected chi connectivity index (χ4v) is 6.39. The highest BCUT2D eigenvalue weighted by molar-refractivity contribution is 6.03. The molecule has 0 atom stereocenters. The molecule has 0 saturated heterocycles. The van der Waals surface area contributed by atoms with Crippen LogP contribution in [0.1, 0.15) is 44.6 Å². The first kappa shape index (κ1) is 21.2. The number of aromatic nitrogens is 3. The molecule has 1 spiro atoms. The molecule has 36 heavy (non-hydrogen) atoms. The van der Waals surface area contributed by atoms with Crippen molar-refractivity contribution in [1.29, 1.82) is 0 Å². The van der Waals surface area contributed by atoms with E-state index in [2.05, 4.69) is 12.1 Å². The molecule has 4 aromatic rings. The second kappa shape index (κ2) is 7.43. The zero-order valence-corrected chi connectivity index (χ0v) is 20.0. The Morgan fingerprint density at radius 2 is 1.39 bits per heavy atom. The maximum Gasteiger partial charge on any atom is 0.352 e. The van der Waals surface area contributed by atoms with Gasteiger partial charge in [0.05, 0.1) is 25.9 Å². The number of aryl methyl sites for hydroxylation is 1. The minimum Gasteiger partial charge on any atom is -0.497 e. The third-order valence-corrected chi connectivity index (χ3v) is 8.26. The fourth-order valence-electron chi connectivity index (χ4n) is 6.39. The van der Waals surface area contributed by atoms with Crippen LogP contribution in [0.25, 0.3) is 5.69 Å². The molecule has 0 radical (unpaired) electrons. The second-order valence-corrected chi connectivity index (χ2v) is 10.2. The predicted molar refractivity (Wildman–Crippen MR) is 134 cm³/mol. The maximum atomic E-state index is 13.7. The zero-order valence-electron chi connectivity index (χ0n) is 20.0. The first-order valence-electron chi connectivity index (χ1n) is 12.3. The summed E-state index contributed by atoms with van der Waals surface area (Å²) in [5.74, 6) is 0.999. The topological polar surface area (TPSA) is 75.2 Å². The van der Waals surface area contributed by atoms with Crippen LogP contribution in [0.5, 0.6) is 5.75 Å². The molecule has 0 fully saturated rings. The van der Waals surface area contributed by atoms with Crippen molar-refractivity contribution in [3.05, 3.63) is 115 Å². The summed E-state index contributed by atoms with van der Waals surface area (Å²) >= 11 is 0. The number of carbonyl (C=O) groups excluding carboxylic acids is 1. The number of ether oxygens (including phenoxy) is 1. The maximum absolute atomic E-state index is 13.7. The summed E-state index contributed by atoms with van der Waals surface area (Å²) in [4.78, 5) is 40.0. The highest BCUT2D eigenvalue weighted by Crippen LogP contribution is 2.47. The van der Waals surface area contributed by atoms with Crippen molar-refractivity contribution in [2.75, 3.05) is 7.11 Å². The zero-order chi connectivity index (χ0) is 24.6. The third kappa shape index (κ3) is 2.89. The Labute approximate surface area is 207 Å². The molecule has 3 aromatic carbocycles. The van der Waals surface area contributed by atoms with Crippen molar-refractivity contribution in [2.24, 2.45) is 5.41 Å². The van der Waals surface area contributed by atoms with E-state index < -0.39 is 5.41 Å². The monoisotopic (exact) mass is 479 g/mol. The molecule has 1 aliphatic heterocycles. The van der Waals surface area contributed by atoms with Crippen molar-refractivity contribution in [3.63, 3.8) is 0 Å². The van der Waals surface area contributed by atoms with Crippen LogP contribution >= 0.6 is 0 Å². The molecule has 180 valence electrons. The van der Waals surface area contributed by atoms with Crippen LogP contribution in [0.2, 0.25) is 0 Å². The quantitative estimate of drug-likeness (QED) is 0.390. The van der Waals surface area contributed by atoms with Crippen molar-refractivity contribution >= 4 is 5.78 Å². The van der Waals surface area contributed by atoms with Crippen LogP contribution in [0.4, 0.5) is 0 Å². The Kier molecular flexibility index (Phi) is 4.37. The molecule has 0 bridgehead atoms. The molecule has 0 saturated carbocycles. The smallest absolute Gasteiger partial charge is 0.352 e. The second-order valence-electron chi connectivity index (χ2n) is 10.2. The number of benzene rings is 3. The molecular weight excluding hydrogens is 454 g/mol. The molecule has 3 aliphatic rings. The van der Waals surface area contributed by atoms with Gasteiger partial charge in [-0.2, -0.15) is 0 Å². The van der Waals surface area contributed by atoms with Gasteiger partial charge in [-0.1, -0.05) is 30.3 Å². The van der Waals surface area contributed by atoms with Gasteiger partial charge < -0.3 is 4.74 Å². The number of ketones is 1. The number of rotatable bonds is 2. The van der Waals surface area contributed by atoms with Crippen molar-refractivity contribution in [3.8, 4) is 11.4 Å². The average molecular weight is 480 g/mol. The molecular formula is C29H25N3O4. The van der Waals surface area contributed by atoms with Gasteiger partial charge in [0.1, 0.15) is 5.75 Å². The minimum atomic E-state index is -0.417. The predicted octanol–water partition coefficient (Wildman–Crippen LogP) is 3.13. The fraction of sp³-hybridized carbons (Fsp3) is 0.276. The lowest BCUT2D eigenvalue weighted by atomic mass is 9.68. The molecule has 1 aromatic heterocycles. The lowest BCUT2D eigenvalue weighted by Gasteiger charge is -2.33. The van der Waals surface area contributed by atoms with Gasteiger partial charge in [0.25, 0.3) is 0 Å². The molecule has 7 nitrogen and oxygen atoms in total. The van der Waals surface area contributed by atoms with Gasteiger partial charge in [-0.25, -0.2) is 23.5 Å². The summed E-state index contributed by atoms with van der Waals surface area (Å²) < 4.78 is 9.65. The van der Waals surface area contributed by atoms with Gasteiger partial charge in [0.2, 0.25) is 0 Å². The number of hydrogen-bond donors (Lipinski definition) is 0. The standard InChI is InChI=1S/C29H25N3O4/c1-36-24-7-8-25-18(13-24)9-10-29(26(25)33)14-19-11-21-16-30-27(34)32(23-5-3-2-4-6-23)28(35)31(30)17-22(21)12-20(19)15-29/h2-8,11-13H,9-10,14-17H2,1H3. The molecule has 0 amide bonds. The molecule has 2 aliphatic carbocycles. The Balaban J connectivity index is 1.24. The van der Waals surface area contributed by atoms with E-state index in [-0.39, 0.29) is 17.2 Å². The van der Waals surface area contributed by atoms with E-state index in [1.54, 1.807) is 19.2 Å². The van der Waals surface area contributed by atoms with E-state index in [4.69, 9.17) is 4.74 Å². The molecule has 0 N–H and O–H groups in total. The van der Waals surface area contributed by atoms with Gasteiger partial charge in [-0.15, -0.1) is 0 Å². The normalized spacial score (nSPS) is 16.9. The first-order valence-corrected chi connectivity index (χ1v) is 12.3. The van der Waals surface area contributed by atoms with Crippen molar-refractivity contribution in [1.82, 2.24) is 13.9 Å². The number of methoxy groups -OCH3 is 1. The summed E-state index contributed by atoms with van der Waals surface area (Å²) in [5.41, 5.74) is 5.84. The minimum absolute atomic E-state index is 0.216. The van der Waals surface area contributed by atoms with Gasteiger partial charge in [0.15, 0.2) is 5.78 Å². The molecule has 7 rings (SSSR count). The molecule has 2 heterocycles.